The standard InChI is InChI=1S/C19H24O/c1-15-11-12-16(2)19(14-15)17(3)20-13-7-10-18-8-5-4-6-9-18/h4-6,8-9,11-12,14,17H,7,10,13H2,1-3H3. The van der Waals surface area contributed by atoms with Crippen LogP contribution >= 0.6 is 0 Å². The van der Waals surface area contributed by atoms with Crippen LogP contribution in [0.1, 0.15) is 41.7 Å². The summed E-state index contributed by atoms with van der Waals surface area (Å²) >= 11 is 0. The molecule has 20 heavy (non-hydrogen) atoms. The van der Waals surface area contributed by atoms with Gasteiger partial charge in [-0.05, 0) is 50.3 Å². The first-order valence-electron chi connectivity index (χ1n) is 7.39. The molecule has 1 atom stereocenters. The second-order valence-electron chi connectivity index (χ2n) is 5.46. The zero-order valence-corrected chi connectivity index (χ0v) is 12.7. The molecule has 0 saturated carbocycles. The Morgan fingerprint density at radius 1 is 1.00 bits per heavy atom. The lowest BCUT2D eigenvalue weighted by atomic mass is 10.0. The van der Waals surface area contributed by atoms with Crippen LogP contribution < -0.4 is 0 Å². The van der Waals surface area contributed by atoms with Gasteiger partial charge in [0, 0.05) is 6.61 Å². The average Bonchev–Trinajstić information content (AvgIpc) is 2.47. The lowest BCUT2D eigenvalue weighted by Crippen LogP contribution is -2.04. The molecular weight excluding hydrogens is 244 g/mol. The minimum absolute atomic E-state index is 0.172. The van der Waals surface area contributed by atoms with E-state index in [9.17, 15) is 0 Å². The van der Waals surface area contributed by atoms with E-state index in [-0.39, 0.29) is 6.10 Å². The van der Waals surface area contributed by atoms with Crippen LogP contribution in [0.2, 0.25) is 0 Å². The summed E-state index contributed by atoms with van der Waals surface area (Å²) in [5.41, 5.74) is 5.30. The molecule has 0 aliphatic heterocycles. The van der Waals surface area contributed by atoms with Crippen LogP contribution in [-0.2, 0) is 11.2 Å². The summed E-state index contributed by atoms with van der Waals surface area (Å²) in [6.45, 7) is 7.23. The number of rotatable bonds is 6. The molecule has 0 aliphatic carbocycles. The Balaban J connectivity index is 1.80. The molecule has 0 amide bonds. The lowest BCUT2D eigenvalue weighted by Gasteiger charge is -2.16. The van der Waals surface area contributed by atoms with E-state index < -0.39 is 0 Å². The van der Waals surface area contributed by atoms with E-state index in [2.05, 4.69) is 69.3 Å². The number of hydrogen-bond acceptors (Lipinski definition) is 1. The van der Waals surface area contributed by atoms with E-state index >= 15 is 0 Å². The first-order valence-corrected chi connectivity index (χ1v) is 7.39. The van der Waals surface area contributed by atoms with Gasteiger partial charge in [0.05, 0.1) is 6.10 Å². The second kappa shape index (κ2) is 7.25. The van der Waals surface area contributed by atoms with Crippen LogP contribution in [0, 0.1) is 13.8 Å². The predicted molar refractivity (Wildman–Crippen MR) is 85.0 cm³/mol. The summed E-state index contributed by atoms with van der Waals surface area (Å²) in [7, 11) is 0. The van der Waals surface area contributed by atoms with Gasteiger partial charge in [-0.1, -0.05) is 54.1 Å². The molecule has 1 heteroatoms. The highest BCUT2D eigenvalue weighted by Gasteiger charge is 2.08. The van der Waals surface area contributed by atoms with Crippen LogP contribution in [0.3, 0.4) is 0 Å². The monoisotopic (exact) mass is 268 g/mol. The van der Waals surface area contributed by atoms with Gasteiger partial charge in [-0.3, -0.25) is 0 Å². The fraction of sp³-hybridized carbons (Fsp3) is 0.368. The van der Waals surface area contributed by atoms with Gasteiger partial charge in [-0.2, -0.15) is 0 Å². The molecule has 0 radical (unpaired) electrons. The molecule has 1 nitrogen and oxygen atoms in total. The van der Waals surface area contributed by atoms with Gasteiger partial charge in [0.1, 0.15) is 0 Å². The molecule has 0 bridgehead atoms. The maximum Gasteiger partial charge on any atom is 0.0799 e. The van der Waals surface area contributed by atoms with Crippen molar-refractivity contribution in [2.45, 2.75) is 39.7 Å². The highest BCUT2D eigenvalue weighted by molar-refractivity contribution is 5.31. The molecule has 106 valence electrons. The van der Waals surface area contributed by atoms with Gasteiger partial charge in [-0.15, -0.1) is 0 Å². The summed E-state index contributed by atoms with van der Waals surface area (Å²) in [5.74, 6) is 0. The van der Waals surface area contributed by atoms with Gasteiger partial charge in [0.2, 0.25) is 0 Å². The van der Waals surface area contributed by atoms with E-state index in [1.54, 1.807) is 0 Å². The smallest absolute Gasteiger partial charge is 0.0799 e. The summed E-state index contributed by atoms with van der Waals surface area (Å²) in [6.07, 6.45) is 2.32. The largest absolute Gasteiger partial charge is 0.374 e. The van der Waals surface area contributed by atoms with Crippen molar-refractivity contribution in [2.75, 3.05) is 6.61 Å². The molecule has 0 saturated heterocycles. The van der Waals surface area contributed by atoms with Crippen molar-refractivity contribution in [3.8, 4) is 0 Å². The molecule has 0 N–H and O–H groups in total. The minimum atomic E-state index is 0.172. The van der Waals surface area contributed by atoms with Crippen LogP contribution in [0.4, 0.5) is 0 Å². The van der Waals surface area contributed by atoms with Crippen molar-refractivity contribution in [1.82, 2.24) is 0 Å². The van der Waals surface area contributed by atoms with E-state index in [1.165, 1.54) is 22.3 Å². The second-order valence-corrected chi connectivity index (χ2v) is 5.46. The van der Waals surface area contributed by atoms with Crippen LogP contribution in [0.5, 0.6) is 0 Å². The van der Waals surface area contributed by atoms with Crippen molar-refractivity contribution >= 4 is 0 Å². The molecule has 1 unspecified atom stereocenters. The molecule has 0 aliphatic rings. The van der Waals surface area contributed by atoms with Crippen molar-refractivity contribution in [2.24, 2.45) is 0 Å². The third-order valence-electron chi connectivity index (χ3n) is 3.69. The molecule has 0 aromatic heterocycles. The van der Waals surface area contributed by atoms with Gasteiger partial charge in [0.25, 0.3) is 0 Å². The van der Waals surface area contributed by atoms with E-state index in [4.69, 9.17) is 4.74 Å². The van der Waals surface area contributed by atoms with E-state index in [1.807, 2.05) is 0 Å². The van der Waals surface area contributed by atoms with Crippen molar-refractivity contribution in [1.29, 1.82) is 0 Å². The van der Waals surface area contributed by atoms with Gasteiger partial charge < -0.3 is 4.74 Å². The quantitative estimate of drug-likeness (QED) is 0.669. The maximum absolute atomic E-state index is 5.99. The highest BCUT2D eigenvalue weighted by atomic mass is 16.5. The summed E-state index contributed by atoms with van der Waals surface area (Å²) in [4.78, 5) is 0. The number of benzene rings is 2. The summed E-state index contributed by atoms with van der Waals surface area (Å²) < 4.78 is 5.99. The summed E-state index contributed by atoms with van der Waals surface area (Å²) in [6, 6.07) is 17.2. The highest BCUT2D eigenvalue weighted by Crippen LogP contribution is 2.22. The topological polar surface area (TPSA) is 9.23 Å². The zero-order chi connectivity index (χ0) is 14.4. The van der Waals surface area contributed by atoms with Crippen molar-refractivity contribution < 1.29 is 4.74 Å². The Labute approximate surface area is 122 Å². The predicted octanol–water partition coefficient (Wildman–Crippen LogP) is 5.01. The maximum atomic E-state index is 5.99. The normalized spacial score (nSPS) is 12.3. The Hall–Kier alpha value is -1.60. The molecule has 2 aromatic rings. The third-order valence-corrected chi connectivity index (χ3v) is 3.69. The fourth-order valence-electron chi connectivity index (χ4n) is 2.47. The fourth-order valence-corrected chi connectivity index (χ4v) is 2.47. The van der Waals surface area contributed by atoms with E-state index in [0.29, 0.717) is 0 Å². The van der Waals surface area contributed by atoms with Gasteiger partial charge in [0.15, 0.2) is 0 Å². The third kappa shape index (κ3) is 4.21. The molecule has 0 spiro atoms. The Kier molecular flexibility index (Phi) is 5.37. The number of hydrogen-bond donors (Lipinski definition) is 0. The van der Waals surface area contributed by atoms with Gasteiger partial charge in [-0.25, -0.2) is 0 Å². The SMILES string of the molecule is Cc1ccc(C)c(C(C)OCCCc2ccccc2)c1. The Bertz CT molecular complexity index is 531. The molecule has 0 fully saturated rings. The Morgan fingerprint density at radius 2 is 1.75 bits per heavy atom. The summed E-state index contributed by atoms with van der Waals surface area (Å²) in [5, 5.41) is 0. The number of aryl methyl sites for hydroxylation is 3. The first kappa shape index (κ1) is 14.8. The lowest BCUT2D eigenvalue weighted by molar-refractivity contribution is 0.0637. The van der Waals surface area contributed by atoms with Crippen LogP contribution in [-0.4, -0.2) is 6.61 Å². The van der Waals surface area contributed by atoms with E-state index in [0.717, 1.165) is 19.4 Å². The molecule has 0 heterocycles. The molecule has 2 rings (SSSR count). The zero-order valence-electron chi connectivity index (χ0n) is 12.7. The Morgan fingerprint density at radius 3 is 2.50 bits per heavy atom. The van der Waals surface area contributed by atoms with Crippen molar-refractivity contribution in [3.63, 3.8) is 0 Å². The number of ether oxygens (including phenoxy) is 1. The average molecular weight is 268 g/mol. The first-order chi connectivity index (χ1) is 9.66. The molecule has 2 aromatic carbocycles. The molecular formula is C19H24O. The van der Waals surface area contributed by atoms with Crippen LogP contribution in [0.15, 0.2) is 48.5 Å². The van der Waals surface area contributed by atoms with Crippen LogP contribution in [0.25, 0.3) is 0 Å². The minimum Gasteiger partial charge on any atom is -0.374 e. The van der Waals surface area contributed by atoms with Crippen molar-refractivity contribution in [3.05, 3.63) is 70.8 Å². The van der Waals surface area contributed by atoms with Gasteiger partial charge >= 0.3 is 0 Å².